The Morgan fingerprint density at radius 2 is 1.59 bits per heavy atom. The number of anilines is 1. The van der Waals surface area contributed by atoms with Crippen molar-refractivity contribution in [2.24, 2.45) is 0 Å². The lowest BCUT2D eigenvalue weighted by Crippen LogP contribution is -2.47. The Labute approximate surface area is 166 Å². The summed E-state index contributed by atoms with van der Waals surface area (Å²) in [7, 11) is 0. The third-order valence-electron chi connectivity index (χ3n) is 5.24. The second kappa shape index (κ2) is 8.15. The number of halogens is 1. The summed E-state index contributed by atoms with van der Waals surface area (Å²) in [6, 6.07) is 18.6. The van der Waals surface area contributed by atoms with E-state index >= 15 is 0 Å². The minimum absolute atomic E-state index is 0.793. The maximum Gasteiger partial charge on any atom is 0.114 e. The van der Waals surface area contributed by atoms with Crippen molar-refractivity contribution in [3.05, 3.63) is 77.3 Å². The summed E-state index contributed by atoms with van der Waals surface area (Å²) in [4.78, 5) is 9.63. The quantitative estimate of drug-likeness (QED) is 0.663. The van der Waals surface area contributed by atoms with Crippen LogP contribution in [0.3, 0.4) is 0 Å². The lowest BCUT2D eigenvalue weighted by molar-refractivity contribution is 0.259. The molecule has 0 bridgehead atoms. The maximum atomic E-state index is 6.00. The molecule has 0 aliphatic carbocycles. The molecule has 0 spiro atoms. The van der Waals surface area contributed by atoms with E-state index < -0.39 is 0 Å². The summed E-state index contributed by atoms with van der Waals surface area (Å²) in [6.07, 6.45) is 2.94. The van der Waals surface area contributed by atoms with Crippen LogP contribution >= 0.6 is 11.6 Å². The molecule has 3 aromatic rings. The van der Waals surface area contributed by atoms with E-state index in [1.54, 1.807) is 0 Å². The van der Waals surface area contributed by atoms with Gasteiger partial charge in [0.2, 0.25) is 0 Å². The van der Waals surface area contributed by atoms with Crippen molar-refractivity contribution in [1.29, 1.82) is 0 Å². The zero-order valence-corrected chi connectivity index (χ0v) is 16.4. The third kappa shape index (κ3) is 4.18. The van der Waals surface area contributed by atoms with Gasteiger partial charge in [0, 0.05) is 67.4 Å². The highest BCUT2D eigenvalue weighted by Gasteiger charge is 2.18. The average molecular weight is 381 g/mol. The zero-order valence-electron chi connectivity index (χ0n) is 15.7. The van der Waals surface area contributed by atoms with Crippen LogP contribution in [0.2, 0.25) is 5.02 Å². The molecule has 27 heavy (non-hydrogen) atoms. The number of piperazine rings is 1. The summed E-state index contributed by atoms with van der Waals surface area (Å²) >= 11 is 6.00. The predicted molar refractivity (Wildman–Crippen MR) is 112 cm³/mol. The standard InChI is InChI=1S/C22H25ClN4/c1-18-17-24-22(27(18)21-5-3-2-4-6-21)11-12-25-13-15-26(16-14-25)20-9-7-19(23)8-10-20/h2-10,17H,11-16H2,1H3. The monoisotopic (exact) mass is 380 g/mol. The van der Waals surface area contributed by atoms with Gasteiger partial charge >= 0.3 is 0 Å². The molecular formula is C22H25ClN4. The molecule has 4 rings (SSSR count). The van der Waals surface area contributed by atoms with Crippen molar-refractivity contribution < 1.29 is 0 Å². The molecule has 0 amide bonds. The number of aromatic nitrogens is 2. The van der Waals surface area contributed by atoms with E-state index in [2.05, 4.69) is 68.7 Å². The van der Waals surface area contributed by atoms with Crippen LogP contribution in [0.1, 0.15) is 11.5 Å². The molecule has 0 atom stereocenters. The van der Waals surface area contributed by atoms with E-state index in [-0.39, 0.29) is 0 Å². The van der Waals surface area contributed by atoms with Gasteiger partial charge in [-0.15, -0.1) is 0 Å². The van der Waals surface area contributed by atoms with Gasteiger partial charge in [0.25, 0.3) is 0 Å². The third-order valence-corrected chi connectivity index (χ3v) is 5.49. The van der Waals surface area contributed by atoms with Crippen LogP contribution in [-0.2, 0) is 6.42 Å². The Kier molecular flexibility index (Phi) is 5.46. The number of hydrogen-bond donors (Lipinski definition) is 0. The smallest absolute Gasteiger partial charge is 0.114 e. The molecule has 140 valence electrons. The first kappa shape index (κ1) is 18.1. The number of nitrogens with zero attached hydrogens (tertiary/aromatic N) is 4. The van der Waals surface area contributed by atoms with Crippen LogP contribution in [0.25, 0.3) is 5.69 Å². The summed E-state index contributed by atoms with van der Waals surface area (Å²) < 4.78 is 2.27. The molecule has 0 N–H and O–H groups in total. The molecule has 1 saturated heterocycles. The SMILES string of the molecule is Cc1cnc(CCN2CCN(c3ccc(Cl)cc3)CC2)n1-c1ccccc1. The van der Waals surface area contributed by atoms with Crippen LogP contribution in [0.15, 0.2) is 60.8 Å². The van der Waals surface area contributed by atoms with Gasteiger partial charge in [-0.2, -0.15) is 0 Å². The van der Waals surface area contributed by atoms with Gasteiger partial charge in [0.15, 0.2) is 0 Å². The molecule has 4 nitrogen and oxygen atoms in total. The van der Waals surface area contributed by atoms with E-state index in [1.807, 2.05) is 18.3 Å². The maximum absolute atomic E-state index is 6.00. The topological polar surface area (TPSA) is 24.3 Å². The van der Waals surface area contributed by atoms with E-state index in [0.29, 0.717) is 0 Å². The largest absolute Gasteiger partial charge is 0.369 e. The fourth-order valence-corrected chi connectivity index (χ4v) is 3.86. The Bertz CT molecular complexity index is 865. The fourth-order valence-electron chi connectivity index (χ4n) is 3.73. The van der Waals surface area contributed by atoms with E-state index in [9.17, 15) is 0 Å². The lowest BCUT2D eigenvalue weighted by atomic mass is 10.2. The van der Waals surface area contributed by atoms with Crippen LogP contribution in [0.5, 0.6) is 0 Å². The molecule has 0 radical (unpaired) electrons. The van der Waals surface area contributed by atoms with Gasteiger partial charge in [0.05, 0.1) is 0 Å². The normalized spacial score (nSPS) is 15.3. The number of benzene rings is 2. The number of para-hydroxylation sites is 1. The van der Waals surface area contributed by atoms with Gasteiger partial charge in [-0.25, -0.2) is 4.98 Å². The first-order valence-corrected chi connectivity index (χ1v) is 9.90. The number of rotatable bonds is 5. The van der Waals surface area contributed by atoms with Crippen molar-refractivity contribution in [3.8, 4) is 5.69 Å². The zero-order chi connectivity index (χ0) is 18.6. The molecule has 2 heterocycles. The van der Waals surface area contributed by atoms with Crippen LogP contribution in [0, 0.1) is 6.92 Å². The minimum Gasteiger partial charge on any atom is -0.369 e. The highest BCUT2D eigenvalue weighted by Crippen LogP contribution is 2.20. The van der Waals surface area contributed by atoms with E-state index in [1.165, 1.54) is 17.1 Å². The molecule has 1 fully saturated rings. The lowest BCUT2D eigenvalue weighted by Gasteiger charge is -2.36. The first-order valence-electron chi connectivity index (χ1n) is 9.52. The van der Waals surface area contributed by atoms with Crippen molar-refractivity contribution in [1.82, 2.24) is 14.5 Å². The summed E-state index contributed by atoms with van der Waals surface area (Å²) in [5, 5.41) is 0.793. The molecular weight excluding hydrogens is 356 g/mol. The van der Waals surface area contributed by atoms with Gasteiger partial charge < -0.3 is 9.47 Å². The van der Waals surface area contributed by atoms with Crippen molar-refractivity contribution in [2.45, 2.75) is 13.3 Å². The number of imidazole rings is 1. The highest BCUT2D eigenvalue weighted by atomic mass is 35.5. The number of aryl methyl sites for hydroxylation is 1. The van der Waals surface area contributed by atoms with Crippen molar-refractivity contribution >= 4 is 17.3 Å². The second-order valence-electron chi connectivity index (χ2n) is 7.04. The van der Waals surface area contributed by atoms with Crippen molar-refractivity contribution in [2.75, 3.05) is 37.6 Å². The Hall–Kier alpha value is -2.30. The Morgan fingerprint density at radius 1 is 0.889 bits per heavy atom. The predicted octanol–water partition coefficient (Wildman–Crippen LogP) is 4.20. The van der Waals surface area contributed by atoms with E-state index in [4.69, 9.17) is 11.6 Å². The van der Waals surface area contributed by atoms with Crippen molar-refractivity contribution in [3.63, 3.8) is 0 Å². The van der Waals surface area contributed by atoms with Gasteiger partial charge in [-0.05, 0) is 43.3 Å². The Morgan fingerprint density at radius 3 is 2.30 bits per heavy atom. The van der Waals surface area contributed by atoms with Crippen LogP contribution < -0.4 is 4.90 Å². The summed E-state index contributed by atoms with van der Waals surface area (Å²) in [6.45, 7) is 7.41. The highest BCUT2D eigenvalue weighted by molar-refractivity contribution is 6.30. The minimum atomic E-state index is 0.793. The molecule has 1 aliphatic heterocycles. The summed E-state index contributed by atoms with van der Waals surface area (Å²) in [5.74, 6) is 1.14. The first-order chi connectivity index (χ1) is 13.2. The second-order valence-corrected chi connectivity index (χ2v) is 7.48. The molecule has 2 aromatic carbocycles. The summed E-state index contributed by atoms with van der Waals surface area (Å²) in [5.41, 5.74) is 3.63. The van der Waals surface area contributed by atoms with Crippen LogP contribution in [-0.4, -0.2) is 47.2 Å². The molecule has 5 heteroatoms. The fraction of sp³-hybridized carbons (Fsp3) is 0.318. The van der Waals surface area contributed by atoms with E-state index in [0.717, 1.165) is 50.0 Å². The van der Waals surface area contributed by atoms with Gasteiger partial charge in [-0.3, -0.25) is 4.90 Å². The average Bonchev–Trinajstić information content (AvgIpc) is 3.08. The molecule has 1 aromatic heterocycles. The van der Waals surface area contributed by atoms with Crippen LogP contribution in [0.4, 0.5) is 5.69 Å². The molecule has 1 aliphatic rings. The Balaban J connectivity index is 1.35. The van der Waals surface area contributed by atoms with Gasteiger partial charge in [0.1, 0.15) is 5.82 Å². The molecule has 0 saturated carbocycles. The molecule has 0 unspecified atom stereocenters. The number of hydrogen-bond acceptors (Lipinski definition) is 3. The van der Waals surface area contributed by atoms with Gasteiger partial charge in [-0.1, -0.05) is 29.8 Å².